The first-order valence-corrected chi connectivity index (χ1v) is 6.86. The van der Waals surface area contributed by atoms with E-state index in [1.807, 2.05) is 0 Å². The van der Waals surface area contributed by atoms with Crippen LogP contribution in [0.5, 0.6) is 17.2 Å². The van der Waals surface area contributed by atoms with Gasteiger partial charge in [-0.25, -0.2) is 0 Å². The molecule has 0 aromatic heterocycles. The molecule has 0 bridgehead atoms. The minimum absolute atomic E-state index is 0.166. The molecule has 0 aliphatic carbocycles. The molecule has 2 aromatic carbocycles. The van der Waals surface area contributed by atoms with Gasteiger partial charge in [0.1, 0.15) is 23.5 Å². The molecular weight excluding hydrogens is 298 g/mol. The van der Waals surface area contributed by atoms with Crippen LogP contribution >= 0.6 is 0 Å². The van der Waals surface area contributed by atoms with E-state index in [4.69, 9.17) is 14.2 Å². The van der Waals surface area contributed by atoms with Gasteiger partial charge in [-0.3, -0.25) is 9.59 Å². The van der Waals surface area contributed by atoms with Gasteiger partial charge >= 0.3 is 0 Å². The minimum Gasteiger partial charge on any atom is -0.497 e. The largest absolute Gasteiger partial charge is 0.497 e. The Kier molecular flexibility index (Phi) is 5.57. The summed E-state index contributed by atoms with van der Waals surface area (Å²) in [4.78, 5) is 22.8. The highest BCUT2D eigenvalue weighted by Crippen LogP contribution is 2.25. The summed E-state index contributed by atoms with van der Waals surface area (Å²) in [7, 11) is 3.06. The van der Waals surface area contributed by atoms with Crippen LogP contribution in [0, 0.1) is 0 Å². The Bertz CT molecular complexity index is 682. The molecule has 1 amide bonds. The maximum absolute atomic E-state index is 12.0. The SMILES string of the molecule is COc1ccc(OCC(=O)Nc2cc(C=O)ccc2OC)cc1. The first kappa shape index (κ1) is 16.4. The summed E-state index contributed by atoms with van der Waals surface area (Å²) in [6.07, 6.45) is 0.697. The number of ether oxygens (including phenoxy) is 3. The molecule has 23 heavy (non-hydrogen) atoms. The summed E-state index contributed by atoms with van der Waals surface area (Å²) >= 11 is 0. The Labute approximate surface area is 134 Å². The molecule has 0 radical (unpaired) electrons. The fourth-order valence-electron chi connectivity index (χ4n) is 1.90. The standard InChI is InChI=1S/C17H17NO5/c1-21-13-4-6-14(7-5-13)23-11-17(20)18-15-9-12(10-19)3-8-16(15)22-2/h3-10H,11H2,1-2H3,(H,18,20). The van der Waals surface area contributed by atoms with E-state index < -0.39 is 0 Å². The van der Waals surface area contributed by atoms with Gasteiger partial charge in [-0.1, -0.05) is 0 Å². The van der Waals surface area contributed by atoms with E-state index in [1.54, 1.807) is 43.5 Å². The molecule has 0 heterocycles. The first-order valence-electron chi connectivity index (χ1n) is 6.86. The van der Waals surface area contributed by atoms with Crippen molar-refractivity contribution in [1.82, 2.24) is 0 Å². The molecule has 0 aliphatic rings. The van der Waals surface area contributed by atoms with E-state index in [-0.39, 0.29) is 12.5 Å². The molecule has 6 heteroatoms. The quantitative estimate of drug-likeness (QED) is 0.795. The molecule has 120 valence electrons. The summed E-state index contributed by atoms with van der Waals surface area (Å²) in [5, 5.41) is 2.66. The van der Waals surface area contributed by atoms with E-state index in [9.17, 15) is 9.59 Å². The number of aldehydes is 1. The van der Waals surface area contributed by atoms with Gasteiger partial charge in [-0.2, -0.15) is 0 Å². The van der Waals surface area contributed by atoms with Gasteiger partial charge in [0.2, 0.25) is 0 Å². The maximum Gasteiger partial charge on any atom is 0.262 e. The molecule has 0 unspecified atom stereocenters. The molecule has 6 nitrogen and oxygen atoms in total. The van der Waals surface area contributed by atoms with Gasteiger partial charge < -0.3 is 19.5 Å². The van der Waals surface area contributed by atoms with Crippen LogP contribution in [0.15, 0.2) is 42.5 Å². The summed E-state index contributed by atoms with van der Waals surface area (Å²) in [5.74, 6) is 1.36. The highest BCUT2D eigenvalue weighted by Gasteiger charge is 2.09. The number of carbonyl (C=O) groups excluding carboxylic acids is 2. The number of benzene rings is 2. The average Bonchev–Trinajstić information content (AvgIpc) is 2.60. The molecule has 0 aliphatic heterocycles. The number of amides is 1. The second kappa shape index (κ2) is 7.84. The minimum atomic E-state index is -0.359. The molecule has 0 spiro atoms. The Morgan fingerprint density at radius 1 is 1.04 bits per heavy atom. The normalized spacial score (nSPS) is 9.83. The summed E-state index contributed by atoms with van der Waals surface area (Å²) in [6.45, 7) is -0.166. The van der Waals surface area contributed by atoms with E-state index >= 15 is 0 Å². The van der Waals surface area contributed by atoms with Crippen LogP contribution in [0.4, 0.5) is 5.69 Å². The van der Waals surface area contributed by atoms with Gasteiger partial charge in [0.05, 0.1) is 19.9 Å². The lowest BCUT2D eigenvalue weighted by Crippen LogP contribution is -2.20. The van der Waals surface area contributed by atoms with Crippen LogP contribution in [0.3, 0.4) is 0 Å². The molecule has 0 fully saturated rings. The third-order valence-electron chi connectivity index (χ3n) is 3.06. The van der Waals surface area contributed by atoms with Crippen LogP contribution in [0.1, 0.15) is 10.4 Å². The van der Waals surface area contributed by atoms with Gasteiger partial charge in [0.25, 0.3) is 5.91 Å². The smallest absolute Gasteiger partial charge is 0.262 e. The van der Waals surface area contributed by atoms with E-state index in [0.717, 1.165) is 0 Å². The van der Waals surface area contributed by atoms with Gasteiger partial charge in [0, 0.05) is 5.56 Å². The molecule has 1 N–H and O–H groups in total. The van der Waals surface area contributed by atoms with E-state index in [1.165, 1.54) is 13.2 Å². The molecule has 2 rings (SSSR count). The second-order valence-corrected chi connectivity index (χ2v) is 4.59. The zero-order valence-electron chi connectivity index (χ0n) is 12.9. The van der Waals surface area contributed by atoms with E-state index in [0.29, 0.717) is 34.8 Å². The highest BCUT2D eigenvalue weighted by atomic mass is 16.5. The van der Waals surface area contributed by atoms with Crippen molar-refractivity contribution in [3.8, 4) is 17.2 Å². The lowest BCUT2D eigenvalue weighted by atomic mass is 10.2. The lowest BCUT2D eigenvalue weighted by Gasteiger charge is -2.11. The Balaban J connectivity index is 1.97. The van der Waals surface area contributed by atoms with Crippen LogP contribution in [-0.4, -0.2) is 33.0 Å². The number of methoxy groups -OCH3 is 2. The Hall–Kier alpha value is -3.02. The Morgan fingerprint density at radius 3 is 2.35 bits per heavy atom. The van der Waals surface area contributed by atoms with Crippen LogP contribution < -0.4 is 19.5 Å². The lowest BCUT2D eigenvalue weighted by molar-refractivity contribution is -0.118. The third-order valence-corrected chi connectivity index (χ3v) is 3.06. The predicted molar refractivity (Wildman–Crippen MR) is 85.5 cm³/mol. The molecule has 2 aromatic rings. The monoisotopic (exact) mass is 315 g/mol. The summed E-state index contributed by atoms with van der Waals surface area (Å²) in [5.41, 5.74) is 0.859. The molecule has 0 atom stereocenters. The molecular formula is C17H17NO5. The van der Waals surface area contributed by atoms with Gasteiger partial charge in [-0.05, 0) is 42.5 Å². The second-order valence-electron chi connectivity index (χ2n) is 4.59. The van der Waals surface area contributed by atoms with Crippen LogP contribution in [0.2, 0.25) is 0 Å². The van der Waals surface area contributed by atoms with Crippen molar-refractivity contribution >= 4 is 17.9 Å². The average molecular weight is 315 g/mol. The van der Waals surface area contributed by atoms with Crippen molar-refractivity contribution in [2.75, 3.05) is 26.1 Å². The van der Waals surface area contributed by atoms with Crippen molar-refractivity contribution in [3.05, 3.63) is 48.0 Å². The predicted octanol–water partition coefficient (Wildman–Crippen LogP) is 2.53. The first-order chi connectivity index (χ1) is 11.2. The fraction of sp³-hybridized carbons (Fsp3) is 0.176. The Morgan fingerprint density at radius 2 is 1.74 bits per heavy atom. The van der Waals surface area contributed by atoms with Gasteiger partial charge in [-0.15, -0.1) is 0 Å². The molecule has 0 saturated carbocycles. The summed E-state index contributed by atoms with van der Waals surface area (Å²) in [6, 6.07) is 11.7. The number of rotatable bonds is 7. The van der Waals surface area contributed by atoms with Crippen molar-refractivity contribution in [3.63, 3.8) is 0 Å². The topological polar surface area (TPSA) is 73.9 Å². The number of hydrogen-bond acceptors (Lipinski definition) is 5. The highest BCUT2D eigenvalue weighted by molar-refractivity contribution is 5.94. The van der Waals surface area contributed by atoms with Crippen LogP contribution in [-0.2, 0) is 4.79 Å². The molecule has 0 saturated heterocycles. The van der Waals surface area contributed by atoms with Crippen LogP contribution in [0.25, 0.3) is 0 Å². The van der Waals surface area contributed by atoms with Gasteiger partial charge in [0.15, 0.2) is 6.61 Å². The number of nitrogens with one attached hydrogen (secondary N) is 1. The number of hydrogen-bond donors (Lipinski definition) is 1. The third kappa shape index (κ3) is 4.47. The van der Waals surface area contributed by atoms with E-state index in [2.05, 4.69) is 5.32 Å². The number of carbonyl (C=O) groups is 2. The van der Waals surface area contributed by atoms with Crippen molar-refractivity contribution in [2.45, 2.75) is 0 Å². The van der Waals surface area contributed by atoms with Crippen molar-refractivity contribution < 1.29 is 23.8 Å². The zero-order chi connectivity index (χ0) is 16.7. The van der Waals surface area contributed by atoms with Crippen molar-refractivity contribution in [2.24, 2.45) is 0 Å². The number of anilines is 1. The van der Waals surface area contributed by atoms with Crippen molar-refractivity contribution in [1.29, 1.82) is 0 Å². The fourth-order valence-corrected chi connectivity index (χ4v) is 1.90. The maximum atomic E-state index is 12.0. The summed E-state index contributed by atoms with van der Waals surface area (Å²) < 4.78 is 15.6. The zero-order valence-corrected chi connectivity index (χ0v) is 12.9.